The van der Waals surface area contributed by atoms with Gasteiger partial charge in [0, 0.05) is 31.7 Å². The number of nitrogens with zero attached hydrogens (tertiary/aromatic N) is 2. The van der Waals surface area contributed by atoms with Crippen LogP contribution in [0, 0.1) is 5.82 Å². The highest BCUT2D eigenvalue weighted by Crippen LogP contribution is 2.27. The molecule has 0 aliphatic carbocycles. The number of ether oxygens (including phenoxy) is 1. The van der Waals surface area contributed by atoms with Crippen molar-refractivity contribution in [1.29, 1.82) is 0 Å². The minimum Gasteiger partial charge on any atom is -0.466 e. The maximum Gasteiger partial charge on any atom is 0.302 e. The Hall–Kier alpha value is -3.64. The van der Waals surface area contributed by atoms with Crippen LogP contribution in [0.4, 0.5) is 4.39 Å². The van der Waals surface area contributed by atoms with Gasteiger partial charge in [-0.2, -0.15) is 0 Å². The zero-order valence-electron chi connectivity index (χ0n) is 19.9. The van der Waals surface area contributed by atoms with Gasteiger partial charge in [0.25, 0.3) is 11.5 Å². The molecule has 12 heteroatoms. The first-order valence-electron chi connectivity index (χ1n) is 10.9. The molecular formula is C24H26FN3O7S. The molecule has 1 aromatic heterocycles. The second-order valence-electron chi connectivity index (χ2n) is 8.57. The Balaban J connectivity index is 1.88. The van der Waals surface area contributed by atoms with Crippen molar-refractivity contribution in [3.63, 3.8) is 0 Å². The third kappa shape index (κ3) is 5.60. The first-order chi connectivity index (χ1) is 16.9. The van der Waals surface area contributed by atoms with E-state index in [-0.39, 0.29) is 42.0 Å². The summed E-state index contributed by atoms with van der Waals surface area (Å²) in [5.41, 5.74) is 2.69. The maximum atomic E-state index is 15.0. The van der Waals surface area contributed by atoms with Gasteiger partial charge in [0.1, 0.15) is 5.82 Å². The fraction of sp³-hybridized carbons (Fsp3) is 0.333. The van der Waals surface area contributed by atoms with E-state index in [1.807, 2.05) is 0 Å². The third-order valence-corrected chi connectivity index (χ3v) is 8.13. The predicted molar refractivity (Wildman–Crippen MR) is 130 cm³/mol. The Kier molecular flexibility index (Phi) is 7.89. The van der Waals surface area contributed by atoms with Crippen LogP contribution < -0.4 is 11.0 Å². The van der Waals surface area contributed by atoms with Crippen LogP contribution in [0.15, 0.2) is 47.5 Å². The summed E-state index contributed by atoms with van der Waals surface area (Å²) in [4.78, 5) is 40.1. The van der Waals surface area contributed by atoms with Crippen molar-refractivity contribution in [2.24, 2.45) is 0 Å². The molecule has 2 aromatic carbocycles. The number of carbonyl (C=O) groups is 2. The minimum absolute atomic E-state index is 0.00980. The van der Waals surface area contributed by atoms with Crippen LogP contribution in [-0.4, -0.2) is 52.7 Å². The molecule has 10 nitrogen and oxygen atoms in total. The summed E-state index contributed by atoms with van der Waals surface area (Å²) >= 11 is 0. The summed E-state index contributed by atoms with van der Waals surface area (Å²) in [6.45, 7) is 2.50. The molecule has 36 heavy (non-hydrogen) atoms. The Morgan fingerprint density at radius 3 is 2.47 bits per heavy atom. The fourth-order valence-electron chi connectivity index (χ4n) is 3.64. The summed E-state index contributed by atoms with van der Waals surface area (Å²) < 4.78 is 43.3. The van der Waals surface area contributed by atoms with Crippen LogP contribution in [0.3, 0.4) is 0 Å². The number of carbonyl (C=O) groups excluding carboxylic acids is 2. The van der Waals surface area contributed by atoms with Crippen LogP contribution >= 0.6 is 0 Å². The number of hydrogen-bond acceptors (Lipinski definition) is 8. The lowest BCUT2D eigenvalue weighted by Gasteiger charge is -2.25. The molecule has 3 rings (SSSR count). The molecule has 3 aromatic rings. The van der Waals surface area contributed by atoms with E-state index in [9.17, 15) is 27.2 Å². The second kappa shape index (κ2) is 10.5. The van der Waals surface area contributed by atoms with Gasteiger partial charge in [-0.05, 0) is 36.6 Å². The first kappa shape index (κ1) is 27.0. The van der Waals surface area contributed by atoms with Gasteiger partial charge in [-0.1, -0.05) is 24.3 Å². The number of aromatic nitrogens is 2. The van der Waals surface area contributed by atoms with Crippen LogP contribution in [0.25, 0.3) is 22.0 Å². The molecule has 2 N–H and O–H groups in total. The third-order valence-electron chi connectivity index (χ3n) is 6.10. The molecule has 0 saturated heterocycles. The van der Waals surface area contributed by atoms with E-state index in [0.717, 1.165) is 29.4 Å². The van der Waals surface area contributed by atoms with Crippen molar-refractivity contribution in [2.45, 2.75) is 38.0 Å². The van der Waals surface area contributed by atoms with Gasteiger partial charge in [0.05, 0.1) is 23.8 Å². The van der Waals surface area contributed by atoms with Crippen molar-refractivity contribution < 1.29 is 32.3 Å². The first-order valence-corrected chi connectivity index (χ1v) is 12.8. The number of hydroxylamine groups is 1. The van der Waals surface area contributed by atoms with E-state index in [4.69, 9.17) is 9.94 Å². The number of fused-ring (bicyclic) bond motifs is 1. The number of amides is 1. The Morgan fingerprint density at radius 1 is 1.22 bits per heavy atom. The minimum atomic E-state index is -3.95. The van der Waals surface area contributed by atoms with Crippen LogP contribution in [0.5, 0.6) is 0 Å². The SMILES string of the molecule is CC(=O)OCCc1ccc(-c2cc3ncn(CC[C@@](C)(C(=O)NO)S(C)(=O)=O)c(=O)c3cc2F)cc1. The lowest BCUT2D eigenvalue weighted by molar-refractivity contribution is -0.140. The molecule has 0 radical (unpaired) electrons. The smallest absolute Gasteiger partial charge is 0.302 e. The summed E-state index contributed by atoms with van der Waals surface area (Å²) in [6, 6.07) is 9.52. The lowest BCUT2D eigenvalue weighted by Crippen LogP contribution is -2.50. The second-order valence-corrected chi connectivity index (χ2v) is 11.0. The molecule has 192 valence electrons. The van der Waals surface area contributed by atoms with E-state index in [0.29, 0.717) is 12.0 Å². The van der Waals surface area contributed by atoms with Gasteiger partial charge in [0.2, 0.25) is 0 Å². The average molecular weight is 520 g/mol. The van der Waals surface area contributed by atoms with E-state index >= 15 is 0 Å². The molecule has 1 atom stereocenters. The van der Waals surface area contributed by atoms with E-state index < -0.39 is 31.9 Å². The highest BCUT2D eigenvalue weighted by Gasteiger charge is 2.43. The normalized spacial score (nSPS) is 13.2. The number of nitrogens with one attached hydrogen (secondary N) is 1. The monoisotopic (exact) mass is 519 g/mol. The largest absolute Gasteiger partial charge is 0.466 e. The number of sulfone groups is 1. The Labute approximate surface area is 206 Å². The zero-order valence-corrected chi connectivity index (χ0v) is 20.8. The van der Waals surface area contributed by atoms with E-state index in [1.54, 1.807) is 24.3 Å². The van der Waals surface area contributed by atoms with Crippen molar-refractivity contribution in [1.82, 2.24) is 15.0 Å². The van der Waals surface area contributed by atoms with Gasteiger partial charge < -0.3 is 4.74 Å². The fourth-order valence-corrected chi connectivity index (χ4v) is 4.49. The number of halogens is 1. The molecule has 0 aliphatic rings. The molecule has 1 amide bonds. The Bertz CT molecular complexity index is 1470. The number of rotatable bonds is 9. The molecule has 1 heterocycles. The van der Waals surface area contributed by atoms with Crippen LogP contribution in [-0.2, 0) is 37.1 Å². The van der Waals surface area contributed by atoms with Gasteiger partial charge in [-0.15, -0.1) is 0 Å². The molecule has 0 fully saturated rings. The topological polar surface area (TPSA) is 145 Å². The predicted octanol–water partition coefficient (Wildman–Crippen LogP) is 2.01. The maximum absolute atomic E-state index is 15.0. The quantitative estimate of drug-likeness (QED) is 0.248. The van der Waals surface area contributed by atoms with E-state index in [2.05, 4.69) is 4.98 Å². The highest BCUT2D eigenvalue weighted by molar-refractivity contribution is 7.92. The summed E-state index contributed by atoms with van der Waals surface area (Å²) in [6.07, 6.45) is 2.24. The number of aryl methyl sites for hydroxylation is 1. The Morgan fingerprint density at radius 2 is 1.89 bits per heavy atom. The summed E-state index contributed by atoms with van der Waals surface area (Å²) in [5.74, 6) is -2.14. The molecule has 0 unspecified atom stereocenters. The number of hydrogen-bond donors (Lipinski definition) is 2. The van der Waals surface area contributed by atoms with Gasteiger partial charge in [-0.25, -0.2) is 23.3 Å². The number of esters is 1. The summed E-state index contributed by atoms with van der Waals surface area (Å²) in [5, 5.41) is 8.94. The standard InChI is InChI=1S/C24H26FN3O7S/c1-15(29)35-11-8-16-4-6-17(7-5-16)18-13-21-19(12-20(18)25)22(30)28(14-26-21)10-9-24(2,23(31)27-32)36(3,33)34/h4-7,12-14,32H,8-11H2,1-3H3,(H,27,31)/t24-/m0/s1. The lowest BCUT2D eigenvalue weighted by atomic mass is 10.0. The average Bonchev–Trinajstić information content (AvgIpc) is 2.82. The van der Waals surface area contributed by atoms with E-state index in [1.165, 1.54) is 24.8 Å². The van der Waals surface area contributed by atoms with Crippen molar-refractivity contribution >= 4 is 32.6 Å². The van der Waals surface area contributed by atoms with Crippen molar-refractivity contribution in [3.8, 4) is 11.1 Å². The molecule has 0 saturated carbocycles. The molecule has 0 spiro atoms. The van der Waals surface area contributed by atoms with Gasteiger partial charge in [-0.3, -0.25) is 24.2 Å². The summed E-state index contributed by atoms with van der Waals surface area (Å²) in [7, 11) is -3.95. The van der Waals surface area contributed by atoms with Crippen LogP contribution in [0.1, 0.15) is 25.8 Å². The molecular weight excluding hydrogens is 493 g/mol. The molecule has 0 aliphatic heterocycles. The highest BCUT2D eigenvalue weighted by atomic mass is 32.2. The molecule has 0 bridgehead atoms. The van der Waals surface area contributed by atoms with Gasteiger partial charge in [0.15, 0.2) is 14.6 Å². The van der Waals surface area contributed by atoms with Crippen molar-refractivity contribution in [3.05, 3.63) is 64.5 Å². The van der Waals surface area contributed by atoms with Crippen molar-refractivity contribution in [2.75, 3.05) is 12.9 Å². The number of benzene rings is 2. The van der Waals surface area contributed by atoms with Gasteiger partial charge >= 0.3 is 5.97 Å². The zero-order chi connectivity index (χ0) is 26.7. The van der Waals surface area contributed by atoms with Crippen LogP contribution in [0.2, 0.25) is 0 Å².